The summed E-state index contributed by atoms with van der Waals surface area (Å²) in [6.45, 7) is 4.48. The third kappa shape index (κ3) is 6.49. The molecule has 0 radical (unpaired) electrons. The normalized spacial score (nSPS) is 10.7. The second-order valence-corrected chi connectivity index (χ2v) is 4.98. The minimum Gasteiger partial charge on any atom is -0.504 e. The summed E-state index contributed by atoms with van der Waals surface area (Å²) in [6, 6.07) is 5.08. The molecule has 118 valence electrons. The maximum atomic E-state index is 11.6. The molecule has 1 aromatic rings. The fraction of sp³-hybridized carbons (Fsp3) is 0.562. The summed E-state index contributed by atoms with van der Waals surface area (Å²) in [5.41, 5.74) is 0.937. The van der Waals surface area contributed by atoms with E-state index in [2.05, 4.69) is 11.8 Å². The molecule has 0 fully saturated rings. The molecule has 0 saturated carbocycles. The maximum absolute atomic E-state index is 11.6. The Bertz CT molecular complexity index is 448. The van der Waals surface area contributed by atoms with Gasteiger partial charge in [0.05, 0.1) is 13.7 Å². The molecule has 0 heterocycles. The van der Waals surface area contributed by atoms with Gasteiger partial charge in [0.2, 0.25) is 0 Å². The molecule has 5 heteroatoms. The maximum Gasteiger partial charge on any atom is 0.306 e. The Morgan fingerprint density at radius 1 is 1.38 bits per heavy atom. The summed E-state index contributed by atoms with van der Waals surface area (Å²) in [6.07, 6.45) is 1.75. The van der Waals surface area contributed by atoms with Gasteiger partial charge in [-0.15, -0.1) is 0 Å². The van der Waals surface area contributed by atoms with E-state index in [9.17, 15) is 9.90 Å². The number of carbonyl (C=O) groups is 1. The van der Waals surface area contributed by atoms with Crippen molar-refractivity contribution in [3.8, 4) is 11.5 Å². The lowest BCUT2D eigenvalue weighted by atomic mass is 10.1. The highest BCUT2D eigenvalue weighted by Gasteiger charge is 2.07. The fourth-order valence-electron chi connectivity index (χ4n) is 1.87. The molecule has 0 unspecified atom stereocenters. The lowest BCUT2D eigenvalue weighted by Gasteiger charge is -2.13. The first kappa shape index (κ1) is 17.3. The number of methoxy groups -OCH3 is 1. The van der Waals surface area contributed by atoms with Crippen molar-refractivity contribution in [1.82, 2.24) is 4.90 Å². The molecule has 5 nitrogen and oxygen atoms in total. The molecule has 0 aromatic heterocycles. The number of phenols is 1. The van der Waals surface area contributed by atoms with Gasteiger partial charge in [-0.05, 0) is 44.1 Å². The van der Waals surface area contributed by atoms with Gasteiger partial charge < -0.3 is 19.5 Å². The van der Waals surface area contributed by atoms with Crippen LogP contribution in [0.4, 0.5) is 0 Å². The average molecular weight is 295 g/mol. The van der Waals surface area contributed by atoms with Gasteiger partial charge in [0.15, 0.2) is 11.5 Å². The van der Waals surface area contributed by atoms with Crippen LogP contribution in [0.5, 0.6) is 11.5 Å². The van der Waals surface area contributed by atoms with Gasteiger partial charge in [-0.1, -0.05) is 13.0 Å². The van der Waals surface area contributed by atoms with Gasteiger partial charge in [0, 0.05) is 13.0 Å². The number of rotatable bonds is 9. The molecule has 0 atom stereocenters. The minimum atomic E-state index is -0.193. The van der Waals surface area contributed by atoms with Crippen LogP contribution in [-0.4, -0.2) is 49.8 Å². The van der Waals surface area contributed by atoms with Crippen molar-refractivity contribution in [3.63, 3.8) is 0 Å². The molecule has 1 rings (SSSR count). The van der Waals surface area contributed by atoms with E-state index in [4.69, 9.17) is 9.47 Å². The lowest BCUT2D eigenvalue weighted by Crippen LogP contribution is -2.20. The Morgan fingerprint density at radius 2 is 2.14 bits per heavy atom. The number of hydrogen-bond donors (Lipinski definition) is 1. The van der Waals surface area contributed by atoms with E-state index in [0.717, 1.165) is 25.1 Å². The average Bonchev–Trinajstić information content (AvgIpc) is 2.50. The Morgan fingerprint density at radius 3 is 2.81 bits per heavy atom. The van der Waals surface area contributed by atoms with E-state index in [0.29, 0.717) is 25.2 Å². The van der Waals surface area contributed by atoms with Crippen molar-refractivity contribution in [1.29, 1.82) is 0 Å². The summed E-state index contributed by atoms with van der Waals surface area (Å²) >= 11 is 0. The summed E-state index contributed by atoms with van der Waals surface area (Å²) in [4.78, 5) is 13.8. The molecule has 0 spiro atoms. The van der Waals surface area contributed by atoms with E-state index in [-0.39, 0.29) is 11.7 Å². The van der Waals surface area contributed by atoms with Crippen LogP contribution in [0.1, 0.15) is 25.3 Å². The Hall–Kier alpha value is -1.75. The van der Waals surface area contributed by atoms with Crippen molar-refractivity contribution in [2.24, 2.45) is 0 Å². The summed E-state index contributed by atoms with van der Waals surface area (Å²) in [5.74, 6) is 0.327. The zero-order valence-electron chi connectivity index (χ0n) is 13.1. The summed E-state index contributed by atoms with van der Waals surface area (Å²) < 4.78 is 10.2. The molecule has 0 amide bonds. The highest BCUT2D eigenvalue weighted by Crippen LogP contribution is 2.26. The van der Waals surface area contributed by atoms with E-state index in [1.807, 2.05) is 7.05 Å². The second-order valence-electron chi connectivity index (χ2n) is 4.98. The number of carbonyl (C=O) groups excluding carboxylic acids is 1. The van der Waals surface area contributed by atoms with Crippen molar-refractivity contribution in [3.05, 3.63) is 23.8 Å². The van der Waals surface area contributed by atoms with Gasteiger partial charge in [-0.2, -0.15) is 0 Å². The molecule has 0 aliphatic rings. The Balaban J connectivity index is 2.27. The number of hydrogen-bond acceptors (Lipinski definition) is 5. The van der Waals surface area contributed by atoms with E-state index < -0.39 is 0 Å². The van der Waals surface area contributed by atoms with E-state index in [1.54, 1.807) is 18.2 Å². The third-order valence-corrected chi connectivity index (χ3v) is 3.35. The Kier molecular flexibility index (Phi) is 7.61. The van der Waals surface area contributed by atoms with Crippen LogP contribution in [-0.2, 0) is 16.0 Å². The van der Waals surface area contributed by atoms with Crippen LogP contribution in [0, 0.1) is 0 Å². The number of ether oxygens (including phenoxy) is 2. The van der Waals surface area contributed by atoms with Crippen molar-refractivity contribution in [2.75, 3.05) is 33.9 Å². The number of nitrogens with zero attached hydrogens (tertiary/aromatic N) is 1. The van der Waals surface area contributed by atoms with E-state index in [1.165, 1.54) is 7.11 Å². The second kappa shape index (κ2) is 9.23. The zero-order chi connectivity index (χ0) is 15.7. The van der Waals surface area contributed by atoms with Gasteiger partial charge >= 0.3 is 5.97 Å². The number of aryl methyl sites for hydroxylation is 1. The quantitative estimate of drug-likeness (QED) is 0.559. The molecule has 0 saturated heterocycles. The van der Waals surface area contributed by atoms with Gasteiger partial charge in [0.1, 0.15) is 0 Å². The minimum absolute atomic E-state index is 0.101. The van der Waals surface area contributed by atoms with Crippen LogP contribution in [0.3, 0.4) is 0 Å². The molecule has 1 aromatic carbocycles. The van der Waals surface area contributed by atoms with Crippen LogP contribution >= 0.6 is 0 Å². The first-order valence-electron chi connectivity index (χ1n) is 7.26. The molecule has 21 heavy (non-hydrogen) atoms. The number of benzene rings is 1. The number of aromatic hydroxyl groups is 1. The monoisotopic (exact) mass is 295 g/mol. The number of phenolic OH excluding ortho intramolecular Hbond substituents is 1. The van der Waals surface area contributed by atoms with Crippen molar-refractivity contribution in [2.45, 2.75) is 26.2 Å². The molecule has 0 aliphatic carbocycles. The predicted molar refractivity (Wildman–Crippen MR) is 81.7 cm³/mol. The molecular weight excluding hydrogens is 270 g/mol. The third-order valence-electron chi connectivity index (χ3n) is 3.35. The highest BCUT2D eigenvalue weighted by atomic mass is 16.5. The SMILES string of the molecule is CCN(C)CCCOC(=O)CCc1ccc(O)c(OC)c1. The molecular formula is C16H25NO4. The Labute approximate surface area is 126 Å². The largest absolute Gasteiger partial charge is 0.504 e. The molecule has 0 aliphatic heterocycles. The summed E-state index contributed by atoms with van der Waals surface area (Å²) in [7, 11) is 3.54. The smallest absolute Gasteiger partial charge is 0.306 e. The molecule has 1 N–H and O–H groups in total. The topological polar surface area (TPSA) is 59.0 Å². The standard InChI is InChI=1S/C16H25NO4/c1-4-17(2)10-5-11-21-16(19)9-7-13-6-8-14(18)15(12-13)20-3/h6,8,12,18H,4-5,7,9-11H2,1-3H3. The first-order chi connectivity index (χ1) is 10.1. The highest BCUT2D eigenvalue weighted by molar-refractivity contribution is 5.69. The number of esters is 1. The van der Waals surface area contributed by atoms with Crippen LogP contribution in [0.15, 0.2) is 18.2 Å². The van der Waals surface area contributed by atoms with Gasteiger partial charge in [-0.3, -0.25) is 4.79 Å². The van der Waals surface area contributed by atoms with Crippen LogP contribution in [0.2, 0.25) is 0 Å². The van der Waals surface area contributed by atoms with Gasteiger partial charge in [0.25, 0.3) is 0 Å². The summed E-state index contributed by atoms with van der Waals surface area (Å²) in [5, 5.41) is 9.50. The predicted octanol–water partition coefficient (Wildman–Crippen LogP) is 2.22. The lowest BCUT2D eigenvalue weighted by molar-refractivity contribution is -0.143. The van der Waals surface area contributed by atoms with Crippen molar-refractivity contribution < 1.29 is 19.4 Å². The molecule has 0 bridgehead atoms. The first-order valence-corrected chi connectivity index (χ1v) is 7.26. The van der Waals surface area contributed by atoms with Crippen LogP contribution in [0.25, 0.3) is 0 Å². The van der Waals surface area contributed by atoms with Crippen LogP contribution < -0.4 is 4.74 Å². The fourth-order valence-corrected chi connectivity index (χ4v) is 1.87. The van der Waals surface area contributed by atoms with Crippen molar-refractivity contribution >= 4 is 5.97 Å². The van der Waals surface area contributed by atoms with Gasteiger partial charge in [-0.25, -0.2) is 0 Å². The van der Waals surface area contributed by atoms with E-state index >= 15 is 0 Å². The zero-order valence-corrected chi connectivity index (χ0v) is 13.1.